The number of Topliss-reactive ketones (excluding diaryl/α,β-unsaturated/α-hetero) is 1. The lowest BCUT2D eigenvalue weighted by Gasteiger charge is -2.13. The third-order valence-electron chi connectivity index (χ3n) is 2.20. The van der Waals surface area contributed by atoms with E-state index in [1.54, 1.807) is 0 Å². The zero-order valence-electron chi connectivity index (χ0n) is 7.89. The quantitative estimate of drug-likeness (QED) is 0.645. The van der Waals surface area contributed by atoms with Gasteiger partial charge < -0.3 is 5.73 Å². The molecule has 0 fully saturated rings. The average Bonchev–Trinajstić information content (AvgIpc) is 2.12. The van der Waals surface area contributed by atoms with Gasteiger partial charge in [-0.3, -0.25) is 9.59 Å². The summed E-state index contributed by atoms with van der Waals surface area (Å²) in [4.78, 5) is 22.9. The first kappa shape index (κ1) is 9.71. The van der Waals surface area contributed by atoms with Gasteiger partial charge in [0.2, 0.25) is 5.78 Å². The summed E-state index contributed by atoms with van der Waals surface area (Å²) in [5.41, 5.74) is 6.65. The zero-order chi connectivity index (χ0) is 10.0. The minimum atomic E-state index is -0.182. The van der Waals surface area contributed by atoms with Crippen LogP contribution in [0.3, 0.4) is 0 Å². The van der Waals surface area contributed by atoms with Crippen molar-refractivity contribution >= 4 is 11.6 Å². The Morgan fingerprint density at radius 2 is 1.85 bits per heavy atom. The fourth-order valence-corrected chi connectivity index (χ4v) is 1.38. The Balaban J connectivity index is 3.12. The molecule has 70 valence electrons. The van der Waals surface area contributed by atoms with E-state index in [1.165, 1.54) is 6.08 Å². The van der Waals surface area contributed by atoms with E-state index in [1.807, 2.05) is 13.8 Å². The number of carbonyl (C=O) groups excluding carboxylic acids is 2. The van der Waals surface area contributed by atoms with Crippen molar-refractivity contribution in [3.8, 4) is 0 Å². The molecule has 0 aromatic heterocycles. The van der Waals surface area contributed by atoms with E-state index in [0.29, 0.717) is 24.0 Å². The van der Waals surface area contributed by atoms with Gasteiger partial charge in [-0.1, -0.05) is 13.8 Å². The van der Waals surface area contributed by atoms with Crippen molar-refractivity contribution in [3.05, 3.63) is 22.9 Å². The second-order valence-electron chi connectivity index (χ2n) is 2.96. The smallest absolute Gasteiger partial charge is 0.205 e. The highest BCUT2D eigenvalue weighted by molar-refractivity contribution is 6.22. The zero-order valence-corrected chi connectivity index (χ0v) is 7.89. The normalized spacial score (nSPS) is 17.8. The van der Waals surface area contributed by atoms with E-state index in [0.717, 1.165) is 0 Å². The Morgan fingerprint density at radius 3 is 2.31 bits per heavy atom. The van der Waals surface area contributed by atoms with Crippen LogP contribution in [0.2, 0.25) is 0 Å². The minimum Gasteiger partial charge on any atom is -0.395 e. The van der Waals surface area contributed by atoms with Crippen LogP contribution >= 0.6 is 0 Å². The highest BCUT2D eigenvalue weighted by Gasteiger charge is 2.23. The van der Waals surface area contributed by atoms with Crippen LogP contribution in [0, 0.1) is 0 Å². The highest BCUT2D eigenvalue weighted by Crippen LogP contribution is 2.19. The molecule has 1 rings (SSSR count). The monoisotopic (exact) mass is 179 g/mol. The number of ketones is 2. The van der Waals surface area contributed by atoms with Crippen molar-refractivity contribution in [2.24, 2.45) is 5.73 Å². The van der Waals surface area contributed by atoms with E-state index in [4.69, 9.17) is 5.73 Å². The van der Waals surface area contributed by atoms with Gasteiger partial charge in [-0.2, -0.15) is 0 Å². The van der Waals surface area contributed by atoms with Gasteiger partial charge in [0.1, 0.15) is 0 Å². The van der Waals surface area contributed by atoms with Crippen LogP contribution in [0.4, 0.5) is 0 Å². The predicted molar refractivity (Wildman–Crippen MR) is 49.9 cm³/mol. The second-order valence-corrected chi connectivity index (χ2v) is 2.96. The third kappa shape index (κ3) is 1.54. The van der Waals surface area contributed by atoms with Gasteiger partial charge in [-0.15, -0.1) is 0 Å². The van der Waals surface area contributed by atoms with Gasteiger partial charge in [0.25, 0.3) is 0 Å². The lowest BCUT2D eigenvalue weighted by Crippen LogP contribution is -2.24. The van der Waals surface area contributed by atoms with Crippen LogP contribution in [-0.4, -0.2) is 11.6 Å². The first-order valence-corrected chi connectivity index (χ1v) is 4.40. The largest absolute Gasteiger partial charge is 0.395 e. The predicted octanol–water partition coefficient (Wildman–Crippen LogP) is 1.10. The Hall–Kier alpha value is -1.38. The Kier molecular flexibility index (Phi) is 2.66. The topological polar surface area (TPSA) is 60.2 Å². The maximum Gasteiger partial charge on any atom is 0.205 e. The van der Waals surface area contributed by atoms with Crippen molar-refractivity contribution in [1.29, 1.82) is 0 Å². The van der Waals surface area contributed by atoms with Gasteiger partial charge in [0.05, 0.1) is 5.70 Å². The maximum atomic E-state index is 11.5. The van der Waals surface area contributed by atoms with Crippen molar-refractivity contribution in [1.82, 2.24) is 0 Å². The maximum absolute atomic E-state index is 11.5. The Bertz CT molecular complexity index is 324. The fourth-order valence-electron chi connectivity index (χ4n) is 1.38. The lowest BCUT2D eigenvalue weighted by molar-refractivity contribution is -0.116. The van der Waals surface area contributed by atoms with Crippen LogP contribution in [-0.2, 0) is 9.59 Å². The van der Waals surface area contributed by atoms with Crippen molar-refractivity contribution in [2.45, 2.75) is 26.7 Å². The van der Waals surface area contributed by atoms with Crippen LogP contribution in [0.5, 0.6) is 0 Å². The van der Waals surface area contributed by atoms with E-state index in [-0.39, 0.29) is 17.3 Å². The number of nitrogens with two attached hydrogens (primary N) is 1. The van der Waals surface area contributed by atoms with Gasteiger partial charge in [0, 0.05) is 11.1 Å². The summed E-state index contributed by atoms with van der Waals surface area (Å²) in [5.74, 6) is -0.296. The average molecular weight is 179 g/mol. The summed E-state index contributed by atoms with van der Waals surface area (Å²) in [5, 5.41) is 0. The molecule has 0 aromatic rings. The highest BCUT2D eigenvalue weighted by atomic mass is 16.1. The molecule has 13 heavy (non-hydrogen) atoms. The lowest BCUT2D eigenvalue weighted by atomic mass is 9.91. The van der Waals surface area contributed by atoms with Crippen LogP contribution < -0.4 is 5.73 Å². The van der Waals surface area contributed by atoms with E-state index >= 15 is 0 Å². The van der Waals surface area contributed by atoms with E-state index in [2.05, 4.69) is 0 Å². The summed E-state index contributed by atoms with van der Waals surface area (Å²) in [6.45, 7) is 3.65. The van der Waals surface area contributed by atoms with Crippen molar-refractivity contribution < 1.29 is 9.59 Å². The first-order chi connectivity index (χ1) is 6.11. The van der Waals surface area contributed by atoms with Crippen LogP contribution in [0.25, 0.3) is 0 Å². The second kappa shape index (κ2) is 3.56. The van der Waals surface area contributed by atoms with E-state index < -0.39 is 0 Å². The molecule has 0 aromatic carbocycles. The number of allylic oxidation sites excluding steroid dienone is 3. The molecule has 1 aliphatic rings. The van der Waals surface area contributed by atoms with Gasteiger partial charge >= 0.3 is 0 Å². The van der Waals surface area contributed by atoms with Crippen molar-refractivity contribution in [3.63, 3.8) is 0 Å². The van der Waals surface area contributed by atoms with Crippen LogP contribution in [0.1, 0.15) is 26.7 Å². The third-order valence-corrected chi connectivity index (χ3v) is 2.20. The van der Waals surface area contributed by atoms with Crippen molar-refractivity contribution in [2.75, 3.05) is 0 Å². The molecule has 2 N–H and O–H groups in total. The molecule has 0 heterocycles. The Morgan fingerprint density at radius 1 is 1.23 bits per heavy atom. The number of hydrogen-bond donors (Lipinski definition) is 1. The molecule has 0 saturated heterocycles. The Labute approximate surface area is 77.3 Å². The van der Waals surface area contributed by atoms with Gasteiger partial charge in [0.15, 0.2) is 5.78 Å². The van der Waals surface area contributed by atoms with Crippen LogP contribution in [0.15, 0.2) is 22.9 Å². The SMILES string of the molecule is CCC1=CC(=O)C(CC)=C(N)C1=O. The fraction of sp³-hybridized carbons (Fsp3) is 0.400. The minimum absolute atomic E-state index is 0.114. The van der Waals surface area contributed by atoms with E-state index in [9.17, 15) is 9.59 Å². The molecule has 3 nitrogen and oxygen atoms in total. The molecule has 0 spiro atoms. The molecule has 1 aliphatic carbocycles. The number of rotatable bonds is 2. The molecule has 0 saturated carbocycles. The van der Waals surface area contributed by atoms with Gasteiger partial charge in [-0.05, 0) is 18.9 Å². The summed E-state index contributed by atoms with van der Waals surface area (Å²) in [7, 11) is 0. The molecular formula is C10H13NO2. The molecule has 0 aliphatic heterocycles. The molecule has 0 bridgehead atoms. The first-order valence-electron chi connectivity index (χ1n) is 4.40. The molecular weight excluding hydrogens is 166 g/mol. The number of carbonyl (C=O) groups is 2. The standard InChI is InChI=1S/C10H13NO2/c1-3-6-5-8(12)7(4-2)9(11)10(6)13/h5H,3-4,11H2,1-2H3. The molecule has 3 heteroatoms. The number of hydrogen-bond acceptors (Lipinski definition) is 3. The molecule has 0 atom stereocenters. The summed E-state index contributed by atoms with van der Waals surface area (Å²) < 4.78 is 0. The molecule has 0 radical (unpaired) electrons. The summed E-state index contributed by atoms with van der Waals surface area (Å²) in [6, 6.07) is 0. The molecule has 0 unspecified atom stereocenters. The molecule has 0 amide bonds. The summed E-state index contributed by atoms with van der Waals surface area (Å²) in [6.07, 6.45) is 2.48. The van der Waals surface area contributed by atoms with Gasteiger partial charge in [-0.25, -0.2) is 0 Å². The summed E-state index contributed by atoms with van der Waals surface area (Å²) >= 11 is 0.